The third kappa shape index (κ3) is 3.16. The minimum Gasteiger partial charge on any atom is -0.325 e. The smallest absolute Gasteiger partial charge is 0.0351 e. The van der Waals surface area contributed by atoms with Gasteiger partial charge >= 0.3 is 0 Å². The number of allylic oxidation sites excluding steroid dienone is 3. The lowest BCUT2D eigenvalue weighted by molar-refractivity contribution is 0.664. The van der Waals surface area contributed by atoms with Crippen LogP contribution >= 0.6 is 23.8 Å². The molecule has 3 heteroatoms. The number of hydrogen-bond donors (Lipinski definition) is 1. The molecule has 1 N–H and O–H groups in total. The molecule has 1 aliphatic carbocycles. The van der Waals surface area contributed by atoms with E-state index in [4.69, 9.17) is 4.55 Å². The van der Waals surface area contributed by atoms with Crippen molar-refractivity contribution in [3.05, 3.63) is 47.4 Å². The molecule has 0 bridgehead atoms. The molecule has 2 rings (SSSR count). The molecule has 0 amide bonds. The molecule has 0 unspecified atom stereocenters. The Bertz CT molecular complexity index is 379. The molecule has 15 heavy (non-hydrogen) atoms. The van der Waals surface area contributed by atoms with Gasteiger partial charge in [-0.1, -0.05) is 30.0 Å². The summed E-state index contributed by atoms with van der Waals surface area (Å²) in [6.45, 7) is 0. The van der Waals surface area contributed by atoms with E-state index < -0.39 is 0 Å². The molecule has 0 aromatic heterocycles. The molecule has 0 fully saturated rings. The van der Waals surface area contributed by atoms with Gasteiger partial charge in [-0.15, -0.1) is 0 Å². The van der Waals surface area contributed by atoms with Gasteiger partial charge in [0, 0.05) is 26.7 Å². The Morgan fingerprint density at radius 2 is 1.73 bits per heavy atom. The molecule has 0 spiro atoms. The van der Waals surface area contributed by atoms with Crippen LogP contribution in [0.2, 0.25) is 0 Å². The summed E-state index contributed by atoms with van der Waals surface area (Å²) in [5.74, 6) is 0. The van der Waals surface area contributed by atoms with Crippen LogP contribution in [0.15, 0.2) is 57.2 Å². The minimum absolute atomic E-state index is 0.786. The van der Waals surface area contributed by atoms with Crippen LogP contribution < -0.4 is 0 Å². The molecule has 0 atom stereocenters. The van der Waals surface area contributed by atoms with Crippen LogP contribution in [0.25, 0.3) is 0 Å². The molecule has 0 saturated heterocycles. The Morgan fingerprint density at radius 3 is 2.33 bits per heavy atom. The summed E-state index contributed by atoms with van der Waals surface area (Å²) >= 11 is 2.55. The average Bonchev–Trinajstić information content (AvgIpc) is 2.31. The normalized spacial score (nSPS) is 15.1. The van der Waals surface area contributed by atoms with Gasteiger partial charge in [0.05, 0.1) is 0 Å². The van der Waals surface area contributed by atoms with Crippen molar-refractivity contribution in [3.63, 3.8) is 0 Å². The molecule has 1 aromatic rings. The zero-order valence-electron chi connectivity index (χ0n) is 8.22. The van der Waals surface area contributed by atoms with Crippen molar-refractivity contribution in [2.75, 3.05) is 0 Å². The number of thioether (sulfide) groups is 1. The largest absolute Gasteiger partial charge is 0.325 e. The van der Waals surface area contributed by atoms with E-state index in [9.17, 15) is 0 Å². The van der Waals surface area contributed by atoms with E-state index in [1.165, 1.54) is 9.80 Å². The van der Waals surface area contributed by atoms with E-state index in [1.807, 2.05) is 24.3 Å². The summed E-state index contributed by atoms with van der Waals surface area (Å²) in [5, 5.41) is 0. The highest BCUT2D eigenvalue weighted by Gasteiger charge is 2.00. The van der Waals surface area contributed by atoms with Crippen molar-refractivity contribution >= 4 is 23.8 Å². The van der Waals surface area contributed by atoms with Crippen molar-refractivity contribution < 1.29 is 4.55 Å². The Balaban J connectivity index is 2.04. The van der Waals surface area contributed by atoms with Crippen molar-refractivity contribution in [2.24, 2.45) is 0 Å². The van der Waals surface area contributed by atoms with E-state index in [-0.39, 0.29) is 0 Å². The van der Waals surface area contributed by atoms with Crippen molar-refractivity contribution in [2.45, 2.75) is 22.6 Å². The predicted molar refractivity (Wildman–Crippen MR) is 67.2 cm³/mol. The van der Waals surface area contributed by atoms with Crippen molar-refractivity contribution in [1.29, 1.82) is 0 Å². The first-order valence-corrected chi connectivity index (χ1v) is 6.43. The second-order valence-corrected chi connectivity index (χ2v) is 5.05. The van der Waals surface area contributed by atoms with E-state index in [0.717, 1.165) is 29.8 Å². The second-order valence-electron chi connectivity index (χ2n) is 3.25. The lowest BCUT2D eigenvalue weighted by atomic mass is 10.2. The van der Waals surface area contributed by atoms with Crippen molar-refractivity contribution in [1.82, 2.24) is 0 Å². The molecule has 0 radical (unpaired) electrons. The number of hydrogen-bond acceptors (Lipinski definition) is 3. The summed E-state index contributed by atoms with van der Waals surface area (Å²) in [7, 11) is 0. The molecule has 0 saturated carbocycles. The van der Waals surface area contributed by atoms with Gasteiger partial charge < -0.3 is 4.55 Å². The highest BCUT2D eigenvalue weighted by molar-refractivity contribution is 8.03. The Labute approximate surface area is 98.5 Å². The molecule has 78 valence electrons. The van der Waals surface area contributed by atoms with Crippen LogP contribution in [-0.4, -0.2) is 4.55 Å². The van der Waals surface area contributed by atoms with E-state index in [1.54, 1.807) is 11.8 Å². The average molecular weight is 236 g/mol. The van der Waals surface area contributed by atoms with Crippen LogP contribution in [0, 0.1) is 0 Å². The van der Waals surface area contributed by atoms with E-state index in [2.05, 4.69) is 18.2 Å². The molecular formula is C12H12OS2. The van der Waals surface area contributed by atoms with Gasteiger partial charge in [0.25, 0.3) is 0 Å². The first kappa shape index (κ1) is 10.9. The second kappa shape index (κ2) is 5.45. The van der Waals surface area contributed by atoms with Crippen molar-refractivity contribution in [3.8, 4) is 0 Å². The highest BCUT2D eigenvalue weighted by Crippen LogP contribution is 2.30. The fraction of sp³-hybridized carbons (Fsp3) is 0.167. The number of rotatable bonds is 3. The number of benzene rings is 1. The molecule has 0 aliphatic heterocycles. The maximum Gasteiger partial charge on any atom is 0.0351 e. The summed E-state index contributed by atoms with van der Waals surface area (Å²) in [5.41, 5.74) is 0. The fourth-order valence-corrected chi connectivity index (χ4v) is 2.54. The van der Waals surface area contributed by atoms with Gasteiger partial charge in [-0.2, -0.15) is 0 Å². The first-order chi connectivity index (χ1) is 7.38. The third-order valence-corrected chi connectivity index (χ3v) is 3.66. The van der Waals surface area contributed by atoms with Crippen LogP contribution in [0.1, 0.15) is 12.8 Å². The zero-order valence-corrected chi connectivity index (χ0v) is 9.85. The monoisotopic (exact) mass is 236 g/mol. The molecule has 0 heterocycles. The lowest BCUT2D eigenvalue weighted by Gasteiger charge is -2.06. The molecular weight excluding hydrogens is 224 g/mol. The maximum absolute atomic E-state index is 8.84. The third-order valence-electron chi connectivity index (χ3n) is 2.13. The quantitative estimate of drug-likeness (QED) is 0.776. The topological polar surface area (TPSA) is 20.2 Å². The lowest BCUT2D eigenvalue weighted by Crippen LogP contribution is -1.80. The molecule has 1 aromatic carbocycles. The first-order valence-electron chi connectivity index (χ1n) is 4.84. The van der Waals surface area contributed by atoms with Gasteiger partial charge in [-0.05, 0) is 37.1 Å². The summed E-state index contributed by atoms with van der Waals surface area (Å²) in [6.07, 6.45) is 8.94. The predicted octanol–water partition coefficient (Wildman–Crippen LogP) is 4.58. The summed E-state index contributed by atoms with van der Waals surface area (Å²) in [6, 6.07) is 7.93. The zero-order chi connectivity index (χ0) is 10.5. The molecule has 1 nitrogen and oxygen atoms in total. The minimum atomic E-state index is 0.786. The maximum atomic E-state index is 8.84. The summed E-state index contributed by atoms with van der Waals surface area (Å²) in [4.78, 5) is 3.41. The van der Waals surface area contributed by atoms with E-state index in [0.29, 0.717) is 0 Å². The molecule has 1 aliphatic rings. The summed E-state index contributed by atoms with van der Waals surface area (Å²) < 4.78 is 8.84. The van der Waals surface area contributed by atoms with E-state index >= 15 is 0 Å². The standard InChI is InChI=1S/C12H12OS2/c13-15-12-8-6-11(7-9-12)14-10-4-2-1-3-5-10/h2,4-9,13H,1,3H2. The van der Waals surface area contributed by atoms with Crippen LogP contribution in [-0.2, 0) is 0 Å². The Hall–Kier alpha value is -0.640. The fourth-order valence-electron chi connectivity index (χ4n) is 1.37. The van der Waals surface area contributed by atoms with Gasteiger partial charge in [0.2, 0.25) is 0 Å². The van der Waals surface area contributed by atoms with Crippen LogP contribution in [0.5, 0.6) is 0 Å². The van der Waals surface area contributed by atoms with Gasteiger partial charge in [-0.25, -0.2) is 0 Å². The van der Waals surface area contributed by atoms with Gasteiger partial charge in [-0.3, -0.25) is 0 Å². The SMILES string of the molecule is OSc1ccc(SC2=CCCC=C2)cc1. The highest BCUT2D eigenvalue weighted by atomic mass is 32.2. The van der Waals surface area contributed by atoms with Crippen LogP contribution in [0.3, 0.4) is 0 Å². The van der Waals surface area contributed by atoms with Crippen LogP contribution in [0.4, 0.5) is 0 Å². The Morgan fingerprint density at radius 1 is 1.00 bits per heavy atom. The Kier molecular flexibility index (Phi) is 3.94. The van der Waals surface area contributed by atoms with Gasteiger partial charge in [0.15, 0.2) is 0 Å². The van der Waals surface area contributed by atoms with Gasteiger partial charge in [0.1, 0.15) is 0 Å².